The van der Waals surface area contributed by atoms with Crippen LogP contribution in [0, 0.1) is 17.8 Å². The van der Waals surface area contributed by atoms with Crippen LogP contribution in [0.4, 0.5) is 4.39 Å². The first-order chi connectivity index (χ1) is 12.8. The Morgan fingerprint density at radius 2 is 2.26 bits per heavy atom. The molecule has 5 N–H and O–H groups in total. The maximum atomic E-state index is 13.2. The van der Waals surface area contributed by atoms with Gasteiger partial charge in [0.05, 0.1) is 18.2 Å². The Labute approximate surface area is 166 Å². The number of nitrogens with zero attached hydrogens (tertiary/aromatic N) is 1. The first kappa shape index (κ1) is 22.6. The predicted octanol–water partition coefficient (Wildman–Crippen LogP) is 1.77. The highest BCUT2D eigenvalue weighted by atomic mass is 35.5. The lowest BCUT2D eigenvalue weighted by molar-refractivity contribution is 0.0921. The Kier molecular flexibility index (Phi) is 8.06. The zero-order valence-corrected chi connectivity index (χ0v) is 17.5. The number of allylic oxidation sites excluding steroid dienone is 2. The topological polar surface area (TPSA) is 91.9 Å². The summed E-state index contributed by atoms with van der Waals surface area (Å²) < 4.78 is 18.4. The number of nitrogens with one attached hydrogen (secondary N) is 2. The van der Waals surface area contributed by atoms with E-state index in [0.717, 1.165) is 12.8 Å². The summed E-state index contributed by atoms with van der Waals surface area (Å²) >= 11 is 5.92. The Bertz CT molecular complexity index is 560. The second kappa shape index (κ2) is 9.65. The highest BCUT2D eigenvalue weighted by Gasteiger charge is 2.67. The van der Waals surface area contributed by atoms with Gasteiger partial charge in [0, 0.05) is 36.2 Å². The van der Waals surface area contributed by atoms with Gasteiger partial charge in [0.2, 0.25) is 0 Å². The fourth-order valence-corrected chi connectivity index (χ4v) is 4.17. The average Bonchev–Trinajstić information content (AvgIpc) is 3.50. The molecule has 0 heterocycles. The lowest BCUT2D eigenvalue weighted by Gasteiger charge is -2.20. The van der Waals surface area contributed by atoms with Gasteiger partial charge >= 0.3 is 0 Å². The molecule has 27 heavy (non-hydrogen) atoms. The zero-order chi connectivity index (χ0) is 20.2. The first-order valence-electron chi connectivity index (χ1n) is 9.72. The van der Waals surface area contributed by atoms with Crippen LogP contribution < -0.4 is 16.4 Å². The van der Waals surface area contributed by atoms with Gasteiger partial charge in [-0.2, -0.15) is 0 Å². The van der Waals surface area contributed by atoms with Crippen LogP contribution in [-0.4, -0.2) is 61.1 Å². The number of rotatable bonds is 12. The van der Waals surface area contributed by atoms with Crippen LogP contribution in [0.5, 0.6) is 0 Å². The van der Waals surface area contributed by atoms with Crippen molar-refractivity contribution in [2.75, 3.05) is 26.9 Å². The van der Waals surface area contributed by atoms with E-state index in [9.17, 15) is 9.50 Å². The van der Waals surface area contributed by atoms with E-state index >= 15 is 0 Å². The number of aliphatic imine (C=N–C) groups is 1. The molecule has 2 saturated carbocycles. The van der Waals surface area contributed by atoms with Crippen molar-refractivity contribution in [3.05, 3.63) is 11.8 Å². The van der Waals surface area contributed by atoms with E-state index in [0.29, 0.717) is 37.3 Å². The molecular formula is C19H34ClFN4O2. The van der Waals surface area contributed by atoms with Crippen molar-refractivity contribution in [1.29, 1.82) is 0 Å². The molecular weight excluding hydrogens is 371 g/mol. The Morgan fingerprint density at radius 3 is 2.85 bits per heavy atom. The van der Waals surface area contributed by atoms with Crippen LogP contribution in [0.2, 0.25) is 0 Å². The van der Waals surface area contributed by atoms with Gasteiger partial charge in [0.1, 0.15) is 12.0 Å². The molecule has 0 amide bonds. The summed E-state index contributed by atoms with van der Waals surface area (Å²) in [5.74, 6) is 1.30. The SMILES string of the molecule is CCOCNC[C@@H](O)[C@H]1CC1(NC)C1CC1C(N)=N/C(C)=C/C(Cl)C(C)F. The van der Waals surface area contributed by atoms with Crippen molar-refractivity contribution >= 4 is 17.4 Å². The summed E-state index contributed by atoms with van der Waals surface area (Å²) in [6.45, 7) is 6.75. The van der Waals surface area contributed by atoms with Crippen LogP contribution >= 0.6 is 11.6 Å². The summed E-state index contributed by atoms with van der Waals surface area (Å²) in [6, 6.07) is 0. The molecule has 0 saturated heterocycles. The van der Waals surface area contributed by atoms with Crippen molar-refractivity contribution < 1.29 is 14.2 Å². The van der Waals surface area contributed by atoms with Crippen LogP contribution in [-0.2, 0) is 4.74 Å². The molecule has 2 fully saturated rings. The van der Waals surface area contributed by atoms with E-state index in [1.807, 2.05) is 14.0 Å². The monoisotopic (exact) mass is 404 g/mol. The molecule has 0 aromatic heterocycles. The molecule has 156 valence electrons. The summed E-state index contributed by atoms with van der Waals surface area (Å²) in [5, 5.41) is 16.3. The third-order valence-corrected chi connectivity index (χ3v) is 6.20. The Morgan fingerprint density at radius 1 is 1.56 bits per heavy atom. The van der Waals surface area contributed by atoms with Crippen molar-refractivity contribution in [1.82, 2.24) is 10.6 Å². The molecule has 0 aromatic carbocycles. The molecule has 2 aliphatic rings. The molecule has 7 atom stereocenters. The number of hydrogen-bond donors (Lipinski definition) is 4. The standard InChI is InChI=1S/C19H34ClFN4O2/c1-5-27-10-24-9-17(26)15-8-19(15,23-4)14-7-13(14)18(22)25-11(2)6-16(20)12(3)21/h6,12-17,23-24,26H,5,7-10H2,1-4H3,(H2,22,25)/b11-6+/t12?,13?,14?,15-,16?,17-,19?/m1/s1. The van der Waals surface area contributed by atoms with E-state index < -0.39 is 17.7 Å². The minimum absolute atomic E-state index is 0.0857. The number of ether oxygens (including phenoxy) is 1. The summed E-state index contributed by atoms with van der Waals surface area (Å²) in [7, 11) is 1.94. The first-order valence-corrected chi connectivity index (χ1v) is 10.2. The number of halogens is 2. The summed E-state index contributed by atoms with van der Waals surface area (Å²) in [5.41, 5.74) is 6.74. The smallest absolute Gasteiger partial charge is 0.117 e. The molecule has 0 bridgehead atoms. The molecule has 0 aliphatic heterocycles. The van der Waals surface area contributed by atoms with Crippen molar-refractivity contribution in [3.63, 3.8) is 0 Å². The van der Waals surface area contributed by atoms with E-state index in [2.05, 4.69) is 15.6 Å². The van der Waals surface area contributed by atoms with Crippen molar-refractivity contribution in [3.8, 4) is 0 Å². The fourth-order valence-electron chi connectivity index (χ4n) is 3.98. The number of aliphatic hydroxyl groups excluding tert-OH is 1. The molecule has 0 aromatic rings. The quantitative estimate of drug-likeness (QED) is 0.131. The number of aliphatic hydroxyl groups is 1. The molecule has 0 spiro atoms. The van der Waals surface area contributed by atoms with Gasteiger partial charge in [-0.15, -0.1) is 11.6 Å². The summed E-state index contributed by atoms with van der Waals surface area (Å²) in [6.07, 6.45) is 1.90. The van der Waals surface area contributed by atoms with Crippen molar-refractivity contribution in [2.24, 2.45) is 28.5 Å². The van der Waals surface area contributed by atoms with E-state index in [-0.39, 0.29) is 17.4 Å². The minimum Gasteiger partial charge on any atom is -0.391 e. The van der Waals surface area contributed by atoms with Gasteiger partial charge in [-0.05, 0) is 52.7 Å². The molecule has 8 heteroatoms. The van der Waals surface area contributed by atoms with Crippen LogP contribution in [0.3, 0.4) is 0 Å². The second-order valence-corrected chi connectivity index (χ2v) is 8.18. The van der Waals surface area contributed by atoms with Gasteiger partial charge in [-0.3, -0.25) is 5.32 Å². The third-order valence-electron chi connectivity index (χ3n) is 5.73. The number of nitrogens with two attached hydrogens (primary N) is 1. The normalized spacial score (nSPS) is 34.3. The number of amidine groups is 1. The van der Waals surface area contributed by atoms with Crippen molar-refractivity contribution in [2.45, 2.75) is 56.8 Å². The molecule has 2 rings (SSSR count). The maximum absolute atomic E-state index is 13.2. The van der Waals surface area contributed by atoms with E-state index in [4.69, 9.17) is 22.1 Å². The van der Waals surface area contributed by atoms with Gasteiger partial charge in [-0.1, -0.05) is 0 Å². The van der Waals surface area contributed by atoms with Crippen LogP contribution in [0.15, 0.2) is 16.8 Å². The second-order valence-electron chi connectivity index (χ2n) is 7.67. The largest absolute Gasteiger partial charge is 0.391 e. The zero-order valence-electron chi connectivity index (χ0n) is 16.7. The van der Waals surface area contributed by atoms with E-state index in [1.165, 1.54) is 6.92 Å². The number of hydrogen-bond acceptors (Lipinski definition) is 5. The lowest BCUT2D eigenvalue weighted by atomic mass is 10.0. The van der Waals surface area contributed by atoms with Crippen LogP contribution in [0.1, 0.15) is 33.6 Å². The lowest BCUT2D eigenvalue weighted by Crippen LogP contribution is -2.40. The molecule has 2 aliphatic carbocycles. The number of alkyl halides is 2. The Hall–Kier alpha value is -0.730. The predicted molar refractivity (Wildman–Crippen MR) is 108 cm³/mol. The highest BCUT2D eigenvalue weighted by molar-refractivity contribution is 6.22. The van der Waals surface area contributed by atoms with Gasteiger partial charge in [-0.25, -0.2) is 9.38 Å². The summed E-state index contributed by atoms with van der Waals surface area (Å²) in [4.78, 5) is 4.41. The van der Waals surface area contributed by atoms with Gasteiger partial charge in [0.25, 0.3) is 0 Å². The van der Waals surface area contributed by atoms with Crippen LogP contribution in [0.25, 0.3) is 0 Å². The minimum atomic E-state index is -1.13. The molecule has 6 nitrogen and oxygen atoms in total. The molecule has 5 unspecified atom stereocenters. The highest BCUT2D eigenvalue weighted by Crippen LogP contribution is 2.61. The maximum Gasteiger partial charge on any atom is 0.117 e. The fraction of sp³-hybridized carbons (Fsp3) is 0.842. The molecule has 0 radical (unpaired) electrons. The Balaban J connectivity index is 1.89. The third kappa shape index (κ3) is 5.64. The van der Waals surface area contributed by atoms with Gasteiger partial charge in [0.15, 0.2) is 0 Å². The average molecular weight is 405 g/mol. The van der Waals surface area contributed by atoms with E-state index in [1.54, 1.807) is 13.0 Å². The van der Waals surface area contributed by atoms with Gasteiger partial charge < -0.3 is 20.9 Å².